The number of para-hydroxylation sites is 1. The first-order chi connectivity index (χ1) is 16.5. The molecule has 5 rings (SSSR count). The van der Waals surface area contributed by atoms with Crippen molar-refractivity contribution in [2.45, 2.75) is 25.4 Å². The van der Waals surface area contributed by atoms with Crippen LogP contribution >= 0.6 is 0 Å². The Balaban J connectivity index is 1.28. The maximum atomic E-state index is 13.1. The molecule has 0 saturated heterocycles. The maximum Gasteiger partial charge on any atom is 0.326 e. The number of carboxylic acids is 1. The molecule has 0 spiro atoms. The van der Waals surface area contributed by atoms with E-state index in [4.69, 9.17) is 4.74 Å². The predicted molar refractivity (Wildman–Crippen MR) is 126 cm³/mol. The topological polar surface area (TPSA) is 99.7 Å². The molecule has 0 aliphatic carbocycles. The minimum absolute atomic E-state index is 0.109. The van der Waals surface area contributed by atoms with Gasteiger partial charge in [-0.1, -0.05) is 42.5 Å². The lowest BCUT2D eigenvalue weighted by Crippen LogP contribution is -2.48. The number of ether oxygens (including phenoxy) is 1. The number of carboxylic acid groups (broad SMARTS) is 1. The van der Waals surface area contributed by atoms with Crippen LogP contribution in [-0.4, -0.2) is 38.9 Å². The highest BCUT2D eigenvalue weighted by Crippen LogP contribution is 2.26. The van der Waals surface area contributed by atoms with Gasteiger partial charge in [-0.15, -0.1) is 0 Å². The van der Waals surface area contributed by atoms with Gasteiger partial charge >= 0.3 is 11.9 Å². The van der Waals surface area contributed by atoms with Crippen LogP contribution in [0.15, 0.2) is 79.0 Å². The normalized spacial score (nSPS) is 15.1. The Labute approximate surface area is 195 Å². The number of aliphatic carboxylic acids is 1. The molecule has 4 aromatic rings. The van der Waals surface area contributed by atoms with Gasteiger partial charge in [-0.3, -0.25) is 9.59 Å². The smallest absolute Gasteiger partial charge is 0.326 e. The number of nitrogens with zero attached hydrogens (tertiary/aromatic N) is 1. The first-order valence-corrected chi connectivity index (χ1v) is 11.0. The second kappa shape index (κ2) is 8.86. The fraction of sp³-hybridized carbons (Fsp3) is 0.148. The Kier molecular flexibility index (Phi) is 5.59. The summed E-state index contributed by atoms with van der Waals surface area (Å²) in [6.07, 6.45) is 2.17. The molecule has 0 saturated carbocycles. The van der Waals surface area contributed by atoms with Gasteiger partial charge in [0.2, 0.25) is 0 Å². The molecule has 7 nitrogen and oxygen atoms in total. The number of amides is 1. The van der Waals surface area contributed by atoms with Crippen molar-refractivity contribution in [3.8, 4) is 5.75 Å². The number of H-pyrrole nitrogens is 1. The van der Waals surface area contributed by atoms with Crippen molar-refractivity contribution in [1.29, 1.82) is 0 Å². The fourth-order valence-corrected chi connectivity index (χ4v) is 4.39. The van der Waals surface area contributed by atoms with Crippen LogP contribution in [-0.2, 0) is 29.0 Å². The molecular formula is C27H22N2O5. The highest BCUT2D eigenvalue weighted by atomic mass is 16.5. The van der Waals surface area contributed by atoms with Crippen molar-refractivity contribution in [1.82, 2.24) is 9.88 Å². The molecule has 1 amide bonds. The molecule has 0 radical (unpaired) electrons. The zero-order valence-corrected chi connectivity index (χ0v) is 18.2. The average Bonchev–Trinajstić information content (AvgIpc) is 3.26. The van der Waals surface area contributed by atoms with Gasteiger partial charge in [-0.05, 0) is 47.0 Å². The molecule has 0 unspecified atom stereocenters. The zero-order valence-electron chi connectivity index (χ0n) is 18.2. The number of aromatic nitrogens is 1. The van der Waals surface area contributed by atoms with E-state index in [2.05, 4.69) is 4.98 Å². The van der Waals surface area contributed by atoms with Gasteiger partial charge in [0.15, 0.2) is 0 Å². The number of carbonyl (C=O) groups excluding carboxylic acids is 2. The lowest BCUT2D eigenvalue weighted by atomic mass is 9.93. The van der Waals surface area contributed by atoms with E-state index in [1.165, 1.54) is 4.90 Å². The molecule has 170 valence electrons. The van der Waals surface area contributed by atoms with Crippen molar-refractivity contribution in [3.63, 3.8) is 0 Å². The summed E-state index contributed by atoms with van der Waals surface area (Å²) in [5.41, 5.74) is 4.01. The van der Waals surface area contributed by atoms with Crippen LogP contribution in [0.3, 0.4) is 0 Å². The van der Waals surface area contributed by atoms with Crippen molar-refractivity contribution in [2.75, 3.05) is 0 Å². The lowest BCUT2D eigenvalue weighted by molar-refractivity contribution is -0.142. The molecule has 2 N–H and O–H groups in total. The second-order valence-corrected chi connectivity index (χ2v) is 8.29. The SMILES string of the molecule is O=C(Cc1c[nH]c2ccccc12)Oc1ccc(C(=O)N2Cc3ccccc3C[C@H]2C(=O)O)cc1. The molecule has 34 heavy (non-hydrogen) atoms. The van der Waals surface area contributed by atoms with E-state index < -0.39 is 18.0 Å². The molecule has 1 aromatic heterocycles. The third-order valence-corrected chi connectivity index (χ3v) is 6.14. The molecule has 7 heteroatoms. The summed E-state index contributed by atoms with van der Waals surface area (Å²) in [7, 11) is 0. The average molecular weight is 454 g/mol. The number of carbonyl (C=O) groups is 3. The van der Waals surface area contributed by atoms with Gasteiger partial charge in [0.05, 0.1) is 6.42 Å². The fourth-order valence-electron chi connectivity index (χ4n) is 4.39. The first-order valence-electron chi connectivity index (χ1n) is 11.0. The second-order valence-electron chi connectivity index (χ2n) is 8.29. The standard InChI is InChI=1S/C27H22N2O5/c30-25(14-20-15-28-23-8-4-3-7-22(20)23)34-21-11-9-17(10-12-21)26(31)29-16-19-6-2-1-5-18(19)13-24(29)27(32)33/h1-12,15,24,28H,13-14,16H2,(H,32,33)/t24-/m0/s1. The van der Waals surface area contributed by atoms with Crippen molar-refractivity contribution in [3.05, 3.63) is 101 Å². The minimum Gasteiger partial charge on any atom is -0.480 e. The van der Waals surface area contributed by atoms with Crippen LogP contribution in [0.4, 0.5) is 0 Å². The van der Waals surface area contributed by atoms with Gasteiger partial charge in [-0.2, -0.15) is 0 Å². The Morgan fingerprint density at radius 2 is 1.65 bits per heavy atom. The van der Waals surface area contributed by atoms with Gasteiger partial charge in [-0.25, -0.2) is 4.79 Å². The summed E-state index contributed by atoms with van der Waals surface area (Å²) in [5, 5.41) is 10.7. The van der Waals surface area contributed by atoms with Crippen molar-refractivity contribution < 1.29 is 24.2 Å². The zero-order chi connectivity index (χ0) is 23.7. The quantitative estimate of drug-likeness (QED) is 0.351. The number of rotatable bonds is 5. The molecule has 2 heterocycles. The highest BCUT2D eigenvalue weighted by molar-refractivity contribution is 5.97. The Morgan fingerprint density at radius 1 is 0.941 bits per heavy atom. The van der Waals surface area contributed by atoms with Gasteiger partial charge in [0.25, 0.3) is 5.91 Å². The van der Waals surface area contributed by atoms with Crippen LogP contribution in [0.25, 0.3) is 10.9 Å². The van der Waals surface area contributed by atoms with Gasteiger partial charge < -0.3 is 19.7 Å². The minimum atomic E-state index is -1.04. The van der Waals surface area contributed by atoms with E-state index in [1.807, 2.05) is 48.5 Å². The van der Waals surface area contributed by atoms with Gasteiger partial charge in [0.1, 0.15) is 11.8 Å². The summed E-state index contributed by atoms with van der Waals surface area (Å²) in [5.74, 6) is -1.51. The van der Waals surface area contributed by atoms with E-state index in [0.29, 0.717) is 11.3 Å². The third kappa shape index (κ3) is 4.15. The van der Waals surface area contributed by atoms with Crippen LogP contribution in [0.1, 0.15) is 27.0 Å². The Hall–Kier alpha value is -4.39. The predicted octanol–water partition coefficient (Wildman–Crippen LogP) is 3.97. The summed E-state index contributed by atoms with van der Waals surface area (Å²) >= 11 is 0. The summed E-state index contributed by atoms with van der Waals surface area (Å²) in [6.45, 7) is 0.229. The molecule has 0 fully saturated rings. The number of hydrogen-bond acceptors (Lipinski definition) is 4. The van der Waals surface area contributed by atoms with Crippen LogP contribution in [0.2, 0.25) is 0 Å². The molecule has 1 aliphatic heterocycles. The molecular weight excluding hydrogens is 432 g/mol. The highest BCUT2D eigenvalue weighted by Gasteiger charge is 2.34. The number of nitrogens with one attached hydrogen (secondary N) is 1. The molecule has 3 aromatic carbocycles. The number of esters is 1. The Morgan fingerprint density at radius 3 is 2.41 bits per heavy atom. The van der Waals surface area contributed by atoms with Crippen molar-refractivity contribution >= 4 is 28.7 Å². The van der Waals surface area contributed by atoms with E-state index in [-0.39, 0.29) is 25.3 Å². The van der Waals surface area contributed by atoms with E-state index >= 15 is 0 Å². The van der Waals surface area contributed by atoms with Gasteiger partial charge in [0, 0.05) is 35.6 Å². The van der Waals surface area contributed by atoms with Crippen LogP contribution < -0.4 is 4.74 Å². The summed E-state index contributed by atoms with van der Waals surface area (Å²) in [6, 6.07) is 20.5. The van der Waals surface area contributed by atoms with E-state index in [1.54, 1.807) is 30.5 Å². The van der Waals surface area contributed by atoms with Crippen molar-refractivity contribution in [2.24, 2.45) is 0 Å². The van der Waals surface area contributed by atoms with E-state index in [9.17, 15) is 19.5 Å². The number of benzene rings is 3. The summed E-state index contributed by atoms with van der Waals surface area (Å²) < 4.78 is 5.45. The molecule has 1 aliphatic rings. The monoisotopic (exact) mass is 454 g/mol. The lowest BCUT2D eigenvalue weighted by Gasteiger charge is -2.34. The summed E-state index contributed by atoms with van der Waals surface area (Å²) in [4.78, 5) is 41.9. The molecule has 0 bridgehead atoms. The largest absolute Gasteiger partial charge is 0.480 e. The maximum absolute atomic E-state index is 13.1. The molecule has 1 atom stereocenters. The third-order valence-electron chi connectivity index (χ3n) is 6.14. The number of fused-ring (bicyclic) bond motifs is 2. The first kappa shape index (κ1) is 21.5. The Bertz CT molecular complexity index is 1390. The van der Waals surface area contributed by atoms with Crippen LogP contribution in [0.5, 0.6) is 5.75 Å². The number of aromatic amines is 1. The number of hydrogen-bond donors (Lipinski definition) is 2. The van der Waals surface area contributed by atoms with E-state index in [0.717, 1.165) is 27.6 Å². The van der Waals surface area contributed by atoms with Crippen LogP contribution in [0, 0.1) is 0 Å².